The van der Waals surface area contributed by atoms with Gasteiger partial charge in [0.05, 0.1) is 13.7 Å². The van der Waals surface area contributed by atoms with Gasteiger partial charge in [0.25, 0.3) is 0 Å². The van der Waals surface area contributed by atoms with Gasteiger partial charge in [-0.15, -0.1) is 0 Å². The zero-order valence-electron chi connectivity index (χ0n) is 12.4. The summed E-state index contributed by atoms with van der Waals surface area (Å²) < 4.78 is 27.1. The van der Waals surface area contributed by atoms with E-state index in [2.05, 4.69) is 0 Å². The highest BCUT2D eigenvalue weighted by Crippen LogP contribution is 2.34. The number of fused-ring (bicyclic) bond motifs is 1. The minimum absolute atomic E-state index is 0.241. The molecule has 0 amide bonds. The third-order valence-corrected chi connectivity index (χ3v) is 3.95. The van der Waals surface area contributed by atoms with Crippen molar-refractivity contribution in [3.05, 3.63) is 29.8 Å². The lowest BCUT2D eigenvalue weighted by Gasteiger charge is -2.45. The van der Waals surface area contributed by atoms with Gasteiger partial charge in [-0.25, -0.2) is 0 Å². The maximum Gasteiger partial charge on any atom is 0.186 e. The van der Waals surface area contributed by atoms with Crippen LogP contribution in [-0.4, -0.2) is 61.7 Å². The Hall–Kier alpha value is -1.22. The Balaban J connectivity index is 1.72. The molecule has 0 radical (unpaired) electrons. The van der Waals surface area contributed by atoms with Gasteiger partial charge in [-0.2, -0.15) is 0 Å². The monoisotopic (exact) mass is 312 g/mol. The molecule has 1 aromatic rings. The minimum Gasteiger partial charge on any atom is -0.497 e. The summed E-state index contributed by atoms with van der Waals surface area (Å²) in [5, 5.41) is 20.2. The van der Waals surface area contributed by atoms with Crippen LogP contribution in [0.1, 0.15) is 11.9 Å². The maximum absolute atomic E-state index is 10.2. The zero-order chi connectivity index (χ0) is 15.7. The first-order valence-electron chi connectivity index (χ1n) is 7.09. The van der Waals surface area contributed by atoms with Crippen molar-refractivity contribution in [2.24, 2.45) is 0 Å². The molecular weight excluding hydrogens is 292 g/mol. The lowest BCUT2D eigenvalue weighted by atomic mass is 9.98. The summed E-state index contributed by atoms with van der Waals surface area (Å²) in [6, 6.07) is 7.26. The van der Waals surface area contributed by atoms with Gasteiger partial charge < -0.3 is 33.9 Å². The van der Waals surface area contributed by atoms with Gasteiger partial charge in [0.2, 0.25) is 0 Å². The number of ether oxygens (including phenoxy) is 5. The van der Waals surface area contributed by atoms with Crippen molar-refractivity contribution < 1.29 is 33.9 Å². The fourth-order valence-electron chi connectivity index (χ4n) is 2.70. The van der Waals surface area contributed by atoms with Gasteiger partial charge in [-0.1, -0.05) is 12.1 Å². The molecule has 0 saturated carbocycles. The van der Waals surface area contributed by atoms with E-state index in [9.17, 15) is 10.2 Å². The molecule has 3 rings (SSSR count). The lowest BCUT2D eigenvalue weighted by Crippen LogP contribution is -2.62. The molecule has 2 saturated heterocycles. The third-order valence-electron chi connectivity index (χ3n) is 3.95. The van der Waals surface area contributed by atoms with E-state index in [0.717, 1.165) is 11.3 Å². The van der Waals surface area contributed by atoms with Crippen molar-refractivity contribution >= 4 is 0 Å². The van der Waals surface area contributed by atoms with Gasteiger partial charge in [-0.05, 0) is 12.1 Å². The van der Waals surface area contributed by atoms with Crippen molar-refractivity contribution in [1.29, 1.82) is 0 Å². The minimum atomic E-state index is -1.17. The highest BCUT2D eigenvalue weighted by Gasteiger charge is 2.48. The zero-order valence-corrected chi connectivity index (χ0v) is 12.4. The summed E-state index contributed by atoms with van der Waals surface area (Å²) in [6.45, 7) is 0.241. The van der Waals surface area contributed by atoms with E-state index in [-0.39, 0.29) is 6.61 Å². The van der Waals surface area contributed by atoms with Crippen LogP contribution in [0.3, 0.4) is 0 Å². The smallest absolute Gasteiger partial charge is 0.186 e. The van der Waals surface area contributed by atoms with Crippen LogP contribution in [0.15, 0.2) is 24.3 Å². The molecule has 22 heavy (non-hydrogen) atoms. The SMILES string of the molecule is COc1ccc([C@@H]2OC[C@H]3O[C@H](OC)[C@H](O)[C@@H](O)[C@@H]3O2)cc1. The second-order valence-electron chi connectivity index (χ2n) is 5.30. The first-order valence-corrected chi connectivity index (χ1v) is 7.09. The third kappa shape index (κ3) is 2.83. The number of hydrogen-bond acceptors (Lipinski definition) is 7. The van der Waals surface area contributed by atoms with Crippen molar-refractivity contribution in [2.45, 2.75) is 37.0 Å². The summed E-state index contributed by atoms with van der Waals surface area (Å²) in [6.07, 6.45) is -4.95. The average molecular weight is 312 g/mol. The van der Waals surface area contributed by atoms with Crippen LogP contribution < -0.4 is 4.74 Å². The Morgan fingerprint density at radius 2 is 1.77 bits per heavy atom. The molecule has 2 N–H and O–H groups in total. The van der Waals surface area contributed by atoms with Gasteiger partial charge in [0.1, 0.15) is 30.2 Å². The Bertz CT molecular complexity index is 489. The molecule has 2 heterocycles. The largest absolute Gasteiger partial charge is 0.497 e. The molecule has 2 aliphatic rings. The van der Waals surface area contributed by atoms with E-state index in [4.69, 9.17) is 23.7 Å². The fourth-order valence-corrected chi connectivity index (χ4v) is 2.70. The molecule has 2 fully saturated rings. The predicted molar refractivity (Wildman–Crippen MR) is 74.2 cm³/mol. The Morgan fingerprint density at radius 3 is 2.41 bits per heavy atom. The second kappa shape index (κ2) is 6.49. The molecule has 7 heteroatoms. The summed E-state index contributed by atoms with van der Waals surface area (Å²) in [5.41, 5.74) is 0.801. The van der Waals surface area contributed by atoms with Gasteiger partial charge >= 0.3 is 0 Å². The lowest BCUT2D eigenvalue weighted by molar-refractivity contribution is -0.358. The van der Waals surface area contributed by atoms with E-state index in [1.54, 1.807) is 19.2 Å². The summed E-state index contributed by atoms with van der Waals surface area (Å²) in [5.74, 6) is 0.733. The first kappa shape index (κ1) is 15.7. The van der Waals surface area contributed by atoms with Crippen LogP contribution in [0.25, 0.3) is 0 Å². The second-order valence-corrected chi connectivity index (χ2v) is 5.30. The van der Waals surface area contributed by atoms with E-state index in [1.807, 2.05) is 12.1 Å². The Morgan fingerprint density at radius 1 is 1.05 bits per heavy atom. The highest BCUT2D eigenvalue weighted by molar-refractivity contribution is 5.28. The summed E-state index contributed by atoms with van der Waals surface area (Å²) in [4.78, 5) is 0. The Kier molecular flexibility index (Phi) is 4.62. The van der Waals surface area contributed by atoms with Gasteiger partial charge in [0.15, 0.2) is 12.6 Å². The topological polar surface area (TPSA) is 86.6 Å². The number of methoxy groups -OCH3 is 2. The van der Waals surface area contributed by atoms with Crippen LogP contribution >= 0.6 is 0 Å². The molecule has 1 aromatic carbocycles. The fraction of sp³-hybridized carbons (Fsp3) is 0.600. The molecule has 0 spiro atoms. The number of aliphatic hydroxyl groups excluding tert-OH is 2. The summed E-state index contributed by atoms with van der Waals surface area (Å²) in [7, 11) is 3.00. The number of aliphatic hydroxyl groups is 2. The Labute approximate surface area is 128 Å². The predicted octanol–water partition coefficient (Wildman–Crippen LogP) is 0.202. The maximum atomic E-state index is 10.2. The standard InChI is InChI=1S/C15H20O7/c1-18-9-5-3-8(4-6-9)14-20-7-10-13(22-14)11(16)12(17)15(19-2)21-10/h3-6,10-17H,7H2,1-2H3/t10-,11-,12-,13-,14-,15+/m1/s1. The van der Waals surface area contributed by atoms with E-state index in [1.165, 1.54) is 7.11 Å². The van der Waals surface area contributed by atoms with Crippen molar-refractivity contribution in [3.8, 4) is 5.75 Å². The van der Waals surface area contributed by atoms with Crippen LogP contribution in [0.4, 0.5) is 0 Å². The van der Waals surface area contributed by atoms with Crippen LogP contribution in [0, 0.1) is 0 Å². The van der Waals surface area contributed by atoms with Crippen molar-refractivity contribution in [1.82, 2.24) is 0 Å². The average Bonchev–Trinajstić information content (AvgIpc) is 2.58. The molecule has 7 nitrogen and oxygen atoms in total. The first-order chi connectivity index (χ1) is 10.6. The van der Waals surface area contributed by atoms with Gasteiger partial charge in [0, 0.05) is 12.7 Å². The van der Waals surface area contributed by atoms with E-state index >= 15 is 0 Å². The molecular formula is C15H20O7. The van der Waals surface area contributed by atoms with E-state index < -0.39 is 37.0 Å². The van der Waals surface area contributed by atoms with Gasteiger partial charge in [-0.3, -0.25) is 0 Å². The molecule has 0 bridgehead atoms. The van der Waals surface area contributed by atoms with Crippen molar-refractivity contribution in [2.75, 3.05) is 20.8 Å². The van der Waals surface area contributed by atoms with Crippen LogP contribution in [0.5, 0.6) is 5.75 Å². The van der Waals surface area contributed by atoms with Crippen LogP contribution in [0.2, 0.25) is 0 Å². The highest BCUT2D eigenvalue weighted by atomic mass is 16.7. The normalized spacial score (nSPS) is 38.4. The number of benzene rings is 1. The molecule has 0 aliphatic carbocycles. The quantitative estimate of drug-likeness (QED) is 0.824. The number of hydrogen-bond donors (Lipinski definition) is 2. The van der Waals surface area contributed by atoms with E-state index in [0.29, 0.717) is 0 Å². The summed E-state index contributed by atoms with van der Waals surface area (Å²) >= 11 is 0. The van der Waals surface area contributed by atoms with Crippen LogP contribution in [-0.2, 0) is 18.9 Å². The van der Waals surface area contributed by atoms with Crippen molar-refractivity contribution in [3.63, 3.8) is 0 Å². The molecule has 122 valence electrons. The molecule has 0 unspecified atom stereocenters. The molecule has 6 atom stereocenters. The molecule has 0 aromatic heterocycles. The molecule has 2 aliphatic heterocycles. The number of rotatable bonds is 3.